The summed E-state index contributed by atoms with van der Waals surface area (Å²) in [5.41, 5.74) is 0.678. The Balaban J connectivity index is 1.61. The van der Waals surface area contributed by atoms with Crippen molar-refractivity contribution in [3.05, 3.63) is 63.9 Å². The third kappa shape index (κ3) is 3.17. The van der Waals surface area contributed by atoms with Crippen molar-refractivity contribution in [2.45, 2.75) is 17.5 Å². The smallest absolute Gasteiger partial charge is 0.258 e. The quantitative estimate of drug-likeness (QED) is 0.374. The molecule has 0 aliphatic carbocycles. The summed E-state index contributed by atoms with van der Waals surface area (Å²) in [6.07, 6.45) is 3.56. The minimum Gasteiger partial charge on any atom is -0.297 e. The maximum Gasteiger partial charge on any atom is 0.258 e. The highest BCUT2D eigenvalue weighted by Crippen LogP contribution is 2.28. The zero-order valence-electron chi connectivity index (χ0n) is 13.0. The van der Waals surface area contributed by atoms with Gasteiger partial charge < -0.3 is 0 Å². The van der Waals surface area contributed by atoms with Gasteiger partial charge in [0.15, 0.2) is 15.9 Å². The molecule has 4 aromatic rings. The molecule has 0 saturated heterocycles. The minimum atomic E-state index is -0.0614. The molecule has 0 unspecified atom stereocenters. The number of hydrogen-bond acceptors (Lipinski definition) is 7. The van der Waals surface area contributed by atoms with Gasteiger partial charge in [0.2, 0.25) is 0 Å². The van der Waals surface area contributed by atoms with Crippen LogP contribution in [0.5, 0.6) is 0 Å². The SMILES string of the molecule is C=CCn1c(SCc2cc(=O)n3ccsc3n2)nnc1-c1cccs1. The highest BCUT2D eigenvalue weighted by molar-refractivity contribution is 7.98. The van der Waals surface area contributed by atoms with Crippen LogP contribution in [0.25, 0.3) is 15.7 Å². The van der Waals surface area contributed by atoms with Gasteiger partial charge >= 0.3 is 0 Å². The summed E-state index contributed by atoms with van der Waals surface area (Å²) in [6, 6.07) is 5.59. The predicted octanol–water partition coefficient (Wildman–Crippen LogP) is 3.55. The van der Waals surface area contributed by atoms with Gasteiger partial charge in [0.25, 0.3) is 5.56 Å². The fourth-order valence-corrected chi connectivity index (χ4v) is 4.67. The Bertz CT molecular complexity index is 1080. The van der Waals surface area contributed by atoms with Crippen molar-refractivity contribution in [3.8, 4) is 10.7 Å². The number of thiophene rings is 1. The minimum absolute atomic E-state index is 0.0614. The van der Waals surface area contributed by atoms with Crippen molar-refractivity contribution in [3.63, 3.8) is 0 Å². The molecule has 0 amide bonds. The third-order valence-electron chi connectivity index (χ3n) is 3.48. The molecule has 0 atom stereocenters. The maximum absolute atomic E-state index is 12.1. The number of hydrogen-bond donors (Lipinski definition) is 0. The van der Waals surface area contributed by atoms with Crippen LogP contribution in [0.1, 0.15) is 5.69 Å². The van der Waals surface area contributed by atoms with Crippen LogP contribution in [0.15, 0.2) is 57.8 Å². The molecule has 0 N–H and O–H groups in total. The zero-order valence-corrected chi connectivity index (χ0v) is 15.5. The van der Waals surface area contributed by atoms with E-state index in [0.29, 0.717) is 17.3 Å². The molecule has 126 valence electrons. The summed E-state index contributed by atoms with van der Waals surface area (Å²) in [4.78, 5) is 18.4. The molecule has 0 bridgehead atoms. The number of thioether (sulfide) groups is 1. The standard InChI is InChI=1S/C16H13N5OS3/c1-2-5-21-14(12-4-3-7-23-12)18-19-16(21)25-10-11-9-13(22)20-6-8-24-15(20)17-11/h2-4,6-9H,1,5,10H2. The lowest BCUT2D eigenvalue weighted by molar-refractivity contribution is 0.731. The van der Waals surface area contributed by atoms with E-state index in [4.69, 9.17) is 0 Å². The van der Waals surface area contributed by atoms with Crippen molar-refractivity contribution in [2.24, 2.45) is 0 Å². The van der Waals surface area contributed by atoms with Crippen LogP contribution in [-0.2, 0) is 12.3 Å². The van der Waals surface area contributed by atoms with Crippen LogP contribution in [0.2, 0.25) is 0 Å². The van der Waals surface area contributed by atoms with E-state index >= 15 is 0 Å². The first-order chi connectivity index (χ1) is 12.3. The molecule has 0 aromatic carbocycles. The van der Waals surface area contributed by atoms with E-state index in [2.05, 4.69) is 21.8 Å². The summed E-state index contributed by atoms with van der Waals surface area (Å²) in [7, 11) is 0. The van der Waals surface area contributed by atoms with E-state index in [1.807, 2.05) is 33.5 Å². The summed E-state index contributed by atoms with van der Waals surface area (Å²) in [5.74, 6) is 1.39. The van der Waals surface area contributed by atoms with Crippen LogP contribution in [-0.4, -0.2) is 24.1 Å². The number of fused-ring (bicyclic) bond motifs is 1. The molecule has 25 heavy (non-hydrogen) atoms. The Morgan fingerprint density at radius 1 is 1.28 bits per heavy atom. The molecular weight excluding hydrogens is 374 g/mol. The maximum atomic E-state index is 12.1. The molecule has 0 spiro atoms. The van der Waals surface area contributed by atoms with Gasteiger partial charge in [-0.25, -0.2) is 4.98 Å². The van der Waals surface area contributed by atoms with Crippen molar-refractivity contribution >= 4 is 39.4 Å². The number of rotatable bonds is 6. The van der Waals surface area contributed by atoms with E-state index in [1.165, 1.54) is 23.1 Å². The Morgan fingerprint density at radius 3 is 3.00 bits per heavy atom. The molecule has 0 radical (unpaired) electrons. The molecule has 0 fully saturated rings. The second-order valence-corrected chi connectivity index (χ2v) is 7.88. The second-order valence-electron chi connectivity index (χ2n) is 5.11. The van der Waals surface area contributed by atoms with E-state index in [0.717, 1.165) is 21.6 Å². The number of aromatic nitrogens is 5. The molecule has 6 nitrogen and oxygen atoms in total. The summed E-state index contributed by atoms with van der Waals surface area (Å²) < 4.78 is 3.58. The molecule has 0 saturated carbocycles. The summed E-state index contributed by atoms with van der Waals surface area (Å²) in [6.45, 7) is 4.45. The predicted molar refractivity (Wildman–Crippen MR) is 102 cm³/mol. The second kappa shape index (κ2) is 6.95. The highest BCUT2D eigenvalue weighted by Gasteiger charge is 2.15. The van der Waals surface area contributed by atoms with Crippen LogP contribution in [0.4, 0.5) is 0 Å². The van der Waals surface area contributed by atoms with Crippen molar-refractivity contribution in [2.75, 3.05) is 0 Å². The lowest BCUT2D eigenvalue weighted by atomic mass is 10.4. The Morgan fingerprint density at radius 2 is 2.20 bits per heavy atom. The largest absolute Gasteiger partial charge is 0.297 e. The Labute approximate surface area is 155 Å². The molecule has 4 aromatic heterocycles. The summed E-state index contributed by atoms with van der Waals surface area (Å²) in [5, 5.41) is 13.3. The topological polar surface area (TPSA) is 65.1 Å². The number of allylic oxidation sites excluding steroid dienone is 1. The van der Waals surface area contributed by atoms with Gasteiger partial charge in [0, 0.05) is 29.9 Å². The van der Waals surface area contributed by atoms with Gasteiger partial charge in [-0.15, -0.1) is 39.4 Å². The van der Waals surface area contributed by atoms with Crippen molar-refractivity contribution in [1.29, 1.82) is 0 Å². The molecule has 0 aliphatic heterocycles. The van der Waals surface area contributed by atoms with Crippen LogP contribution < -0.4 is 5.56 Å². The van der Waals surface area contributed by atoms with Gasteiger partial charge in [0.05, 0.1) is 10.6 Å². The van der Waals surface area contributed by atoms with Gasteiger partial charge in [-0.1, -0.05) is 23.9 Å². The van der Waals surface area contributed by atoms with Crippen molar-refractivity contribution in [1.82, 2.24) is 24.1 Å². The van der Waals surface area contributed by atoms with Crippen LogP contribution >= 0.6 is 34.4 Å². The fraction of sp³-hybridized carbons (Fsp3) is 0.125. The average molecular weight is 388 g/mol. The van der Waals surface area contributed by atoms with Crippen LogP contribution in [0, 0.1) is 0 Å². The first-order valence-corrected chi connectivity index (χ1v) is 10.2. The van der Waals surface area contributed by atoms with E-state index < -0.39 is 0 Å². The van der Waals surface area contributed by atoms with Gasteiger partial charge in [-0.2, -0.15) is 0 Å². The molecule has 4 heterocycles. The first kappa shape index (κ1) is 16.2. The van der Waals surface area contributed by atoms with Crippen molar-refractivity contribution < 1.29 is 0 Å². The van der Waals surface area contributed by atoms with Crippen LogP contribution in [0.3, 0.4) is 0 Å². The normalized spacial score (nSPS) is 11.2. The van der Waals surface area contributed by atoms with Gasteiger partial charge in [-0.05, 0) is 11.4 Å². The van der Waals surface area contributed by atoms with Gasteiger partial charge in [0.1, 0.15) is 0 Å². The van der Waals surface area contributed by atoms with E-state index in [1.54, 1.807) is 28.0 Å². The number of thiazole rings is 1. The van der Waals surface area contributed by atoms with E-state index in [9.17, 15) is 4.79 Å². The lowest BCUT2D eigenvalue weighted by Crippen LogP contribution is -2.12. The lowest BCUT2D eigenvalue weighted by Gasteiger charge is -2.06. The molecule has 9 heteroatoms. The monoisotopic (exact) mass is 387 g/mol. The fourth-order valence-electron chi connectivity index (χ4n) is 2.38. The number of nitrogens with zero attached hydrogens (tertiary/aromatic N) is 5. The van der Waals surface area contributed by atoms with E-state index in [-0.39, 0.29) is 5.56 Å². The summed E-state index contributed by atoms with van der Waals surface area (Å²) >= 11 is 4.59. The first-order valence-electron chi connectivity index (χ1n) is 7.43. The molecule has 4 rings (SSSR count). The molecular formula is C16H13N5OS3. The van der Waals surface area contributed by atoms with Gasteiger partial charge in [-0.3, -0.25) is 13.8 Å². The Hall–Kier alpha value is -2.23. The third-order valence-corrected chi connectivity index (χ3v) is 6.10. The average Bonchev–Trinajstić information content (AvgIpc) is 3.34. The highest BCUT2D eigenvalue weighted by atomic mass is 32.2. The molecule has 0 aliphatic rings. The zero-order chi connectivity index (χ0) is 17.2. The Kier molecular flexibility index (Phi) is 4.51.